The molecule has 1 atom stereocenters. The molecule has 111 valence electrons. The second kappa shape index (κ2) is 5.73. The van der Waals surface area contributed by atoms with Crippen molar-refractivity contribution in [2.75, 3.05) is 0 Å². The summed E-state index contributed by atoms with van der Waals surface area (Å²) in [6, 6.07) is 22.1. The van der Waals surface area contributed by atoms with Crippen LogP contribution in [0, 0.1) is 6.08 Å². The van der Waals surface area contributed by atoms with Crippen LogP contribution in [0.15, 0.2) is 77.4 Å². The van der Waals surface area contributed by atoms with Crippen LogP contribution in [0.1, 0.15) is 27.7 Å². The Morgan fingerprint density at radius 1 is 0.773 bits per heavy atom. The van der Waals surface area contributed by atoms with Crippen molar-refractivity contribution in [1.82, 2.24) is 0 Å². The van der Waals surface area contributed by atoms with E-state index in [1.165, 1.54) is 27.1 Å². The standard InChI is InChI=1S/C21H23Si/c1-16-15-21(4,18(3)17(16)2)22(19-11-7-5-8-12-19)20-13-9-6-10-14-20/h5-14,22H,1-4H3. The lowest BCUT2D eigenvalue weighted by molar-refractivity contribution is 0.860. The second-order valence-electron chi connectivity index (χ2n) is 6.46. The van der Waals surface area contributed by atoms with Gasteiger partial charge in [-0.15, -0.1) is 0 Å². The topological polar surface area (TPSA) is 0 Å². The average molecular weight is 304 g/mol. The third kappa shape index (κ3) is 2.40. The van der Waals surface area contributed by atoms with Gasteiger partial charge >= 0.3 is 0 Å². The van der Waals surface area contributed by atoms with Crippen LogP contribution in [0.5, 0.6) is 0 Å². The SMILES string of the molecule is CC1=[C]C(C)([SiH](c2ccccc2)c2ccccc2)C(C)=C1C. The first-order chi connectivity index (χ1) is 10.5. The molecule has 2 aromatic carbocycles. The average Bonchev–Trinajstić information content (AvgIpc) is 2.73. The highest BCUT2D eigenvalue weighted by molar-refractivity contribution is 6.88. The monoisotopic (exact) mass is 303 g/mol. The Morgan fingerprint density at radius 2 is 1.23 bits per heavy atom. The third-order valence-corrected chi connectivity index (χ3v) is 9.03. The van der Waals surface area contributed by atoms with Crippen LogP contribution in [-0.2, 0) is 0 Å². The summed E-state index contributed by atoms with van der Waals surface area (Å²) in [6.45, 7) is 9.12. The van der Waals surface area contributed by atoms with Crippen LogP contribution in [-0.4, -0.2) is 8.80 Å². The van der Waals surface area contributed by atoms with Crippen molar-refractivity contribution in [1.29, 1.82) is 0 Å². The summed E-state index contributed by atoms with van der Waals surface area (Å²) in [5.41, 5.74) is 4.24. The minimum absolute atomic E-state index is 0.0525. The van der Waals surface area contributed by atoms with Gasteiger partial charge < -0.3 is 0 Å². The molecule has 1 radical (unpaired) electrons. The van der Waals surface area contributed by atoms with Gasteiger partial charge in [0, 0.05) is 5.04 Å². The van der Waals surface area contributed by atoms with Gasteiger partial charge in [-0.1, -0.05) is 83.5 Å². The zero-order chi connectivity index (χ0) is 15.7. The summed E-state index contributed by atoms with van der Waals surface area (Å²) >= 11 is 0. The highest BCUT2D eigenvalue weighted by atomic mass is 28.3. The van der Waals surface area contributed by atoms with Crippen molar-refractivity contribution in [2.45, 2.75) is 32.7 Å². The molecular formula is C21H23Si. The zero-order valence-corrected chi connectivity index (χ0v) is 15.0. The van der Waals surface area contributed by atoms with E-state index < -0.39 is 8.80 Å². The molecule has 3 rings (SSSR count). The van der Waals surface area contributed by atoms with Crippen LogP contribution in [0.2, 0.25) is 5.04 Å². The number of hydrogen-bond acceptors (Lipinski definition) is 0. The van der Waals surface area contributed by atoms with E-state index in [0.29, 0.717) is 0 Å². The van der Waals surface area contributed by atoms with Crippen LogP contribution < -0.4 is 10.4 Å². The highest BCUT2D eigenvalue weighted by Gasteiger charge is 2.41. The van der Waals surface area contributed by atoms with Crippen LogP contribution in [0.25, 0.3) is 0 Å². The second-order valence-corrected chi connectivity index (χ2v) is 9.81. The minimum Gasteiger partial charge on any atom is -0.0629 e. The van der Waals surface area contributed by atoms with Gasteiger partial charge in [0.1, 0.15) is 8.80 Å². The minimum atomic E-state index is -1.44. The van der Waals surface area contributed by atoms with E-state index in [1.54, 1.807) is 0 Å². The fraction of sp³-hybridized carbons (Fsp3) is 0.238. The Balaban J connectivity index is 2.20. The highest BCUT2D eigenvalue weighted by Crippen LogP contribution is 2.47. The van der Waals surface area contributed by atoms with E-state index in [0.717, 1.165) is 0 Å². The van der Waals surface area contributed by atoms with Gasteiger partial charge in [0.2, 0.25) is 0 Å². The van der Waals surface area contributed by atoms with Gasteiger partial charge in [0.25, 0.3) is 0 Å². The molecule has 1 heteroatoms. The van der Waals surface area contributed by atoms with Crippen molar-refractivity contribution < 1.29 is 0 Å². The molecule has 0 nitrogen and oxygen atoms in total. The van der Waals surface area contributed by atoms with Crippen LogP contribution >= 0.6 is 0 Å². The predicted octanol–water partition coefficient (Wildman–Crippen LogP) is 3.89. The number of benzene rings is 2. The molecule has 0 aromatic heterocycles. The molecular weight excluding hydrogens is 280 g/mol. The lowest BCUT2D eigenvalue weighted by atomic mass is 10.0. The molecule has 1 unspecified atom stereocenters. The fourth-order valence-corrected chi connectivity index (χ4v) is 7.63. The molecule has 0 fully saturated rings. The molecule has 0 bridgehead atoms. The molecule has 0 spiro atoms. The molecule has 2 aromatic rings. The number of allylic oxidation sites excluding steroid dienone is 4. The molecule has 0 aliphatic heterocycles. The summed E-state index contributed by atoms with van der Waals surface area (Å²) in [5, 5.41) is 3.03. The first-order valence-electron chi connectivity index (χ1n) is 7.94. The Kier molecular flexibility index (Phi) is 3.92. The number of hydrogen-bond donors (Lipinski definition) is 0. The molecule has 0 amide bonds. The summed E-state index contributed by atoms with van der Waals surface area (Å²) in [5.74, 6) is 0. The maximum Gasteiger partial charge on any atom is 0.117 e. The largest absolute Gasteiger partial charge is 0.117 e. The summed E-state index contributed by atoms with van der Waals surface area (Å²) < 4.78 is 0. The quantitative estimate of drug-likeness (QED) is 0.755. The number of rotatable bonds is 3. The Hall–Kier alpha value is -1.86. The lowest BCUT2D eigenvalue weighted by Crippen LogP contribution is -2.50. The van der Waals surface area contributed by atoms with Gasteiger partial charge in [-0.05, 0) is 38.0 Å². The Morgan fingerprint density at radius 3 is 1.59 bits per heavy atom. The fourth-order valence-electron chi connectivity index (χ4n) is 3.69. The Bertz CT molecular complexity index is 686. The van der Waals surface area contributed by atoms with Crippen molar-refractivity contribution in [3.8, 4) is 0 Å². The van der Waals surface area contributed by atoms with Gasteiger partial charge in [0.05, 0.1) is 0 Å². The van der Waals surface area contributed by atoms with Gasteiger partial charge in [0.15, 0.2) is 0 Å². The maximum absolute atomic E-state index is 3.83. The maximum atomic E-state index is 3.83. The van der Waals surface area contributed by atoms with E-state index in [4.69, 9.17) is 0 Å². The Labute approximate surface area is 135 Å². The summed E-state index contributed by atoms with van der Waals surface area (Å²) in [4.78, 5) is 0. The smallest absolute Gasteiger partial charge is 0.0629 e. The van der Waals surface area contributed by atoms with Gasteiger partial charge in [-0.25, -0.2) is 0 Å². The molecule has 0 heterocycles. The van der Waals surface area contributed by atoms with E-state index >= 15 is 0 Å². The van der Waals surface area contributed by atoms with Crippen molar-refractivity contribution in [3.63, 3.8) is 0 Å². The van der Waals surface area contributed by atoms with E-state index in [9.17, 15) is 0 Å². The van der Waals surface area contributed by atoms with Crippen molar-refractivity contribution in [3.05, 3.63) is 83.5 Å². The van der Waals surface area contributed by atoms with E-state index in [1.807, 2.05) is 0 Å². The predicted molar refractivity (Wildman–Crippen MR) is 98.5 cm³/mol. The van der Waals surface area contributed by atoms with Gasteiger partial charge in [-0.2, -0.15) is 0 Å². The molecule has 0 N–H and O–H groups in total. The van der Waals surface area contributed by atoms with Crippen molar-refractivity contribution in [2.24, 2.45) is 0 Å². The molecule has 22 heavy (non-hydrogen) atoms. The van der Waals surface area contributed by atoms with E-state index in [-0.39, 0.29) is 5.04 Å². The summed E-state index contributed by atoms with van der Waals surface area (Å²) in [7, 11) is -1.44. The zero-order valence-electron chi connectivity index (χ0n) is 13.9. The molecule has 0 saturated carbocycles. The van der Waals surface area contributed by atoms with Crippen molar-refractivity contribution >= 4 is 19.2 Å². The van der Waals surface area contributed by atoms with Gasteiger partial charge in [-0.3, -0.25) is 0 Å². The normalized spacial score (nSPS) is 21.4. The van der Waals surface area contributed by atoms with E-state index in [2.05, 4.69) is 94.4 Å². The van der Waals surface area contributed by atoms with Crippen LogP contribution in [0.3, 0.4) is 0 Å². The first kappa shape index (κ1) is 15.0. The molecule has 1 aliphatic rings. The first-order valence-corrected chi connectivity index (χ1v) is 9.67. The third-order valence-electron chi connectivity index (χ3n) is 5.19. The molecule has 0 saturated heterocycles. The summed E-state index contributed by atoms with van der Waals surface area (Å²) in [6.07, 6.45) is 3.83. The van der Waals surface area contributed by atoms with Crippen LogP contribution in [0.4, 0.5) is 0 Å². The molecule has 1 aliphatic carbocycles. The lowest BCUT2D eigenvalue weighted by Gasteiger charge is -2.34.